The summed E-state index contributed by atoms with van der Waals surface area (Å²) in [7, 11) is 0. The molecule has 0 aliphatic rings. The van der Waals surface area contributed by atoms with Gasteiger partial charge in [0.15, 0.2) is 0 Å². The number of hydrogen-bond donors (Lipinski definition) is 0. The van der Waals surface area contributed by atoms with Crippen LogP contribution in [-0.4, -0.2) is 9.78 Å². The van der Waals surface area contributed by atoms with E-state index in [0.717, 1.165) is 12.0 Å². The van der Waals surface area contributed by atoms with E-state index in [1.54, 1.807) is 0 Å². The van der Waals surface area contributed by atoms with Crippen molar-refractivity contribution in [2.75, 3.05) is 0 Å². The minimum atomic E-state index is 0.521. The number of aryl methyl sites for hydroxylation is 3. The lowest BCUT2D eigenvalue weighted by Gasteiger charge is -2.14. The van der Waals surface area contributed by atoms with Crippen LogP contribution >= 0.6 is 11.6 Å². The smallest absolute Gasteiger partial charge is 0.0707 e. The fourth-order valence-electron chi connectivity index (χ4n) is 2.60. The molecular weight excluding hydrogens is 244 g/mol. The summed E-state index contributed by atoms with van der Waals surface area (Å²) in [5, 5.41) is 4.51. The van der Waals surface area contributed by atoms with E-state index in [2.05, 4.69) is 44.9 Å². The summed E-state index contributed by atoms with van der Waals surface area (Å²) < 4.78 is 2.04. The van der Waals surface area contributed by atoms with Gasteiger partial charge in [0.05, 0.1) is 17.8 Å². The summed E-state index contributed by atoms with van der Waals surface area (Å²) >= 11 is 5.96. The molecule has 1 heterocycles. The highest BCUT2D eigenvalue weighted by molar-refractivity contribution is 6.17. The second kappa shape index (κ2) is 5.15. The molecule has 0 amide bonds. The van der Waals surface area contributed by atoms with E-state index in [1.165, 1.54) is 28.1 Å². The molecule has 0 spiro atoms. The van der Waals surface area contributed by atoms with Gasteiger partial charge >= 0.3 is 0 Å². The summed E-state index contributed by atoms with van der Waals surface area (Å²) in [5.74, 6) is 0.521. The van der Waals surface area contributed by atoms with Crippen LogP contribution in [0.2, 0.25) is 0 Å². The number of hydrogen-bond acceptors (Lipinski definition) is 1. The van der Waals surface area contributed by atoms with Gasteiger partial charge in [-0.1, -0.05) is 24.6 Å². The van der Waals surface area contributed by atoms with Crippen molar-refractivity contribution in [3.8, 4) is 5.69 Å². The molecule has 0 aliphatic carbocycles. The first-order chi connectivity index (χ1) is 8.58. The average Bonchev–Trinajstić information content (AvgIpc) is 2.70. The van der Waals surface area contributed by atoms with Crippen LogP contribution in [0, 0.1) is 20.8 Å². The zero-order valence-electron chi connectivity index (χ0n) is 11.4. The van der Waals surface area contributed by atoms with Gasteiger partial charge in [-0.25, -0.2) is 4.68 Å². The minimum absolute atomic E-state index is 0.521. The van der Waals surface area contributed by atoms with Crippen molar-refractivity contribution >= 4 is 11.6 Å². The van der Waals surface area contributed by atoms with Crippen LogP contribution < -0.4 is 0 Å². The number of rotatable bonds is 3. The first-order valence-corrected chi connectivity index (χ1v) is 6.81. The fourth-order valence-corrected chi connectivity index (χ4v) is 2.82. The molecule has 0 unspecified atom stereocenters. The predicted molar refractivity (Wildman–Crippen MR) is 76.7 cm³/mol. The van der Waals surface area contributed by atoms with Gasteiger partial charge < -0.3 is 0 Å². The molecule has 1 aromatic carbocycles. The van der Waals surface area contributed by atoms with Gasteiger partial charge in [-0.05, 0) is 38.3 Å². The van der Waals surface area contributed by atoms with E-state index in [0.29, 0.717) is 5.88 Å². The van der Waals surface area contributed by atoms with Crippen LogP contribution in [0.4, 0.5) is 0 Å². The lowest BCUT2D eigenvalue weighted by Crippen LogP contribution is -2.06. The Morgan fingerprint density at radius 1 is 1.17 bits per heavy atom. The van der Waals surface area contributed by atoms with Crippen molar-refractivity contribution < 1.29 is 0 Å². The summed E-state index contributed by atoms with van der Waals surface area (Å²) in [4.78, 5) is 0. The fraction of sp³-hybridized carbons (Fsp3) is 0.400. The first kappa shape index (κ1) is 13.2. The van der Waals surface area contributed by atoms with E-state index < -0.39 is 0 Å². The second-order valence-electron chi connectivity index (χ2n) is 4.76. The van der Waals surface area contributed by atoms with Crippen molar-refractivity contribution in [3.05, 3.63) is 46.3 Å². The molecule has 0 radical (unpaired) electrons. The van der Waals surface area contributed by atoms with E-state index in [4.69, 9.17) is 11.6 Å². The highest BCUT2D eigenvalue weighted by atomic mass is 35.5. The predicted octanol–water partition coefficient (Wildman–Crippen LogP) is 4.10. The summed E-state index contributed by atoms with van der Waals surface area (Å²) in [6.07, 6.45) is 2.82. The van der Waals surface area contributed by atoms with Crippen molar-refractivity contribution in [2.24, 2.45) is 0 Å². The second-order valence-corrected chi connectivity index (χ2v) is 5.03. The Morgan fingerprint density at radius 2 is 1.78 bits per heavy atom. The zero-order valence-corrected chi connectivity index (χ0v) is 12.2. The highest BCUT2D eigenvalue weighted by Crippen LogP contribution is 2.24. The van der Waals surface area contributed by atoms with Gasteiger partial charge in [-0.2, -0.15) is 5.10 Å². The topological polar surface area (TPSA) is 17.8 Å². The van der Waals surface area contributed by atoms with Crippen molar-refractivity contribution in [1.29, 1.82) is 0 Å². The molecule has 2 nitrogen and oxygen atoms in total. The molecule has 2 rings (SSSR count). The van der Waals surface area contributed by atoms with E-state index >= 15 is 0 Å². The highest BCUT2D eigenvalue weighted by Gasteiger charge is 2.13. The third-order valence-electron chi connectivity index (χ3n) is 3.28. The molecule has 0 saturated heterocycles. The third-order valence-corrected chi connectivity index (χ3v) is 3.57. The molecule has 18 heavy (non-hydrogen) atoms. The molecule has 96 valence electrons. The normalized spacial score (nSPS) is 10.9. The van der Waals surface area contributed by atoms with Crippen LogP contribution in [0.25, 0.3) is 5.69 Å². The van der Waals surface area contributed by atoms with Crippen LogP contribution in [-0.2, 0) is 12.3 Å². The molecule has 0 fully saturated rings. The van der Waals surface area contributed by atoms with Crippen molar-refractivity contribution in [2.45, 2.75) is 40.0 Å². The lowest BCUT2D eigenvalue weighted by molar-refractivity contribution is 0.799. The first-order valence-electron chi connectivity index (χ1n) is 6.28. The van der Waals surface area contributed by atoms with Gasteiger partial charge in [0, 0.05) is 11.3 Å². The molecule has 0 bridgehead atoms. The van der Waals surface area contributed by atoms with Crippen LogP contribution in [0.5, 0.6) is 0 Å². The molecule has 0 N–H and O–H groups in total. The minimum Gasteiger partial charge on any atom is -0.237 e. The van der Waals surface area contributed by atoms with Gasteiger partial charge in [0.2, 0.25) is 0 Å². The van der Waals surface area contributed by atoms with E-state index in [9.17, 15) is 0 Å². The third kappa shape index (κ3) is 2.17. The monoisotopic (exact) mass is 262 g/mol. The molecule has 0 aliphatic heterocycles. The summed E-state index contributed by atoms with van der Waals surface area (Å²) in [6, 6.07) is 4.40. The Hall–Kier alpha value is -1.28. The molecule has 2 aromatic rings. The van der Waals surface area contributed by atoms with Crippen molar-refractivity contribution in [1.82, 2.24) is 9.78 Å². The maximum atomic E-state index is 5.96. The molecule has 3 heteroatoms. The lowest BCUT2D eigenvalue weighted by atomic mass is 10.0. The van der Waals surface area contributed by atoms with E-state index in [-0.39, 0.29) is 0 Å². The molecular formula is C15H19ClN2. The van der Waals surface area contributed by atoms with Crippen LogP contribution in [0.15, 0.2) is 18.3 Å². The molecule has 0 atom stereocenters. The Bertz CT molecular complexity index is 547. The number of benzene rings is 1. The maximum Gasteiger partial charge on any atom is 0.0707 e. The number of halogens is 1. The SMILES string of the molecule is CCc1c(CCl)cnn1-c1c(C)cc(C)cc1C. The molecule has 0 saturated carbocycles. The average molecular weight is 263 g/mol. The number of alkyl halides is 1. The Kier molecular flexibility index (Phi) is 3.76. The Morgan fingerprint density at radius 3 is 2.28 bits per heavy atom. The van der Waals surface area contributed by atoms with Crippen LogP contribution in [0.3, 0.4) is 0 Å². The van der Waals surface area contributed by atoms with E-state index in [1.807, 2.05) is 10.9 Å². The Balaban J connectivity index is 2.66. The standard InChI is InChI=1S/C15H19ClN2/c1-5-14-13(8-16)9-17-18(14)15-11(3)6-10(2)7-12(15)4/h6-7,9H,5,8H2,1-4H3. The van der Waals surface area contributed by atoms with Gasteiger partial charge in [0.25, 0.3) is 0 Å². The van der Waals surface area contributed by atoms with Crippen LogP contribution in [0.1, 0.15) is 34.9 Å². The Labute approximate surface area is 114 Å². The van der Waals surface area contributed by atoms with Gasteiger partial charge in [0.1, 0.15) is 0 Å². The van der Waals surface area contributed by atoms with Gasteiger partial charge in [-0.3, -0.25) is 0 Å². The zero-order chi connectivity index (χ0) is 13.3. The number of nitrogens with zero attached hydrogens (tertiary/aromatic N) is 2. The molecule has 1 aromatic heterocycles. The summed E-state index contributed by atoms with van der Waals surface area (Å²) in [5.41, 5.74) is 7.32. The largest absolute Gasteiger partial charge is 0.237 e. The van der Waals surface area contributed by atoms with Crippen molar-refractivity contribution in [3.63, 3.8) is 0 Å². The summed E-state index contributed by atoms with van der Waals surface area (Å²) in [6.45, 7) is 8.54. The maximum absolute atomic E-state index is 5.96. The van der Waals surface area contributed by atoms with Gasteiger partial charge in [-0.15, -0.1) is 11.6 Å². The quantitative estimate of drug-likeness (QED) is 0.762. The number of aromatic nitrogens is 2.